The maximum Gasteiger partial charge on any atom is 0.223 e. The van der Waals surface area contributed by atoms with Crippen molar-refractivity contribution in [3.8, 4) is 0 Å². The van der Waals surface area contributed by atoms with Gasteiger partial charge in [0.25, 0.3) is 0 Å². The third-order valence-electron chi connectivity index (χ3n) is 9.61. The van der Waals surface area contributed by atoms with E-state index in [2.05, 4.69) is 5.32 Å². The number of hydrogen-bond donors (Lipinski definition) is 2. The fraction of sp³-hybridized carbons (Fsp3) is 0.523. The van der Waals surface area contributed by atoms with Crippen LogP contribution in [0.25, 0.3) is 6.08 Å². The van der Waals surface area contributed by atoms with Crippen LogP contribution in [0.2, 0.25) is 0 Å². The van der Waals surface area contributed by atoms with E-state index in [-0.39, 0.29) is 85.9 Å². The van der Waals surface area contributed by atoms with Crippen LogP contribution < -0.4 is 5.32 Å². The van der Waals surface area contributed by atoms with Crippen LogP contribution >= 0.6 is 0 Å². The van der Waals surface area contributed by atoms with Crippen LogP contribution in [0.5, 0.6) is 0 Å². The lowest BCUT2D eigenvalue weighted by Gasteiger charge is -2.18. The quantitative estimate of drug-likeness (QED) is 0.0978. The number of rotatable bonds is 26. The second-order valence-corrected chi connectivity index (χ2v) is 17.2. The number of Topliss-reactive ketones (excluding diaryl/α,β-unsaturated/α-hetero) is 3. The van der Waals surface area contributed by atoms with Gasteiger partial charge in [-0.05, 0) is 73.8 Å². The van der Waals surface area contributed by atoms with E-state index in [0.29, 0.717) is 19.3 Å². The van der Waals surface area contributed by atoms with Crippen molar-refractivity contribution in [1.82, 2.24) is 5.32 Å². The van der Waals surface area contributed by atoms with E-state index in [1.54, 1.807) is 13.0 Å². The molecule has 54 heavy (non-hydrogen) atoms. The van der Waals surface area contributed by atoms with Crippen molar-refractivity contribution >= 4 is 45.0 Å². The second-order valence-electron chi connectivity index (χ2n) is 15.0. The molecule has 2 rings (SSSR count). The standard InChI is InChI=1S/C44H61NO8S/c1-7-39(46)16-12-24-54(52,53)30-43(50)37(25-31(2)3)28-41(48)22-23-45-44(51)38(27-36-21-18-32(4)34(6)26-36)29-40(47)15-11-17-42(49)33(5)19-20-35-13-9-8-10-14-35/h8-11,13-15,18-21,26,31,33,37-38,42,49H,7,12,16-17,22-25,27-30H2,1-6H3,(H,45,51)/b15-11+,20-19+/t33-,37-,38+,42+/m1/s1. The maximum atomic E-state index is 13.5. The van der Waals surface area contributed by atoms with Gasteiger partial charge in [-0.3, -0.25) is 24.0 Å². The first-order valence-electron chi connectivity index (χ1n) is 19.2. The van der Waals surface area contributed by atoms with Gasteiger partial charge in [0, 0.05) is 56.4 Å². The minimum Gasteiger partial charge on any atom is -0.392 e. The highest BCUT2D eigenvalue weighted by Gasteiger charge is 2.28. The number of hydrogen-bond acceptors (Lipinski definition) is 8. The summed E-state index contributed by atoms with van der Waals surface area (Å²) in [5.41, 5.74) is 4.11. The predicted octanol–water partition coefficient (Wildman–Crippen LogP) is 6.95. The zero-order chi connectivity index (χ0) is 40.3. The molecule has 0 heterocycles. The molecule has 0 bridgehead atoms. The average Bonchev–Trinajstić information content (AvgIpc) is 3.11. The highest BCUT2D eigenvalue weighted by atomic mass is 32.2. The third-order valence-corrected chi connectivity index (χ3v) is 11.2. The summed E-state index contributed by atoms with van der Waals surface area (Å²) < 4.78 is 25.2. The van der Waals surface area contributed by atoms with E-state index in [9.17, 15) is 37.5 Å². The Morgan fingerprint density at radius 1 is 0.870 bits per heavy atom. The average molecular weight is 764 g/mol. The summed E-state index contributed by atoms with van der Waals surface area (Å²) in [4.78, 5) is 64.2. The maximum absolute atomic E-state index is 13.5. The van der Waals surface area contributed by atoms with Crippen LogP contribution in [-0.2, 0) is 40.2 Å². The van der Waals surface area contributed by atoms with E-state index >= 15 is 0 Å². The lowest BCUT2D eigenvalue weighted by Crippen LogP contribution is -2.35. The monoisotopic (exact) mass is 763 g/mol. The van der Waals surface area contributed by atoms with Gasteiger partial charge >= 0.3 is 0 Å². The van der Waals surface area contributed by atoms with Crippen LogP contribution in [0.1, 0.15) is 101 Å². The van der Waals surface area contributed by atoms with E-state index in [1.807, 2.05) is 95.3 Å². The highest BCUT2D eigenvalue weighted by Crippen LogP contribution is 2.21. The second kappa shape index (κ2) is 23.7. The molecule has 0 aliphatic rings. The minimum atomic E-state index is -3.72. The van der Waals surface area contributed by atoms with Gasteiger partial charge < -0.3 is 10.4 Å². The van der Waals surface area contributed by atoms with Crippen LogP contribution in [-0.4, -0.2) is 66.7 Å². The summed E-state index contributed by atoms with van der Waals surface area (Å²) >= 11 is 0. The Morgan fingerprint density at radius 3 is 2.22 bits per heavy atom. The van der Waals surface area contributed by atoms with Crippen LogP contribution in [0.4, 0.5) is 0 Å². The molecule has 2 N–H and O–H groups in total. The van der Waals surface area contributed by atoms with Crippen LogP contribution in [0.3, 0.4) is 0 Å². The SMILES string of the molecule is CCC(=O)CCCS(=O)(=O)CC(=O)[C@@H](CC(=O)CCNC(=O)[C@H](CC(=O)/C=C/C[C@H](O)[C@H](C)/C=C/c1ccccc1)Cc1ccc(C)c(C)c1)CC(C)C. The van der Waals surface area contributed by atoms with Gasteiger partial charge in [-0.2, -0.15) is 0 Å². The first-order chi connectivity index (χ1) is 25.5. The summed E-state index contributed by atoms with van der Waals surface area (Å²) in [7, 11) is -3.72. The normalized spacial score (nSPS) is 14.2. The highest BCUT2D eigenvalue weighted by molar-refractivity contribution is 7.92. The molecule has 0 radical (unpaired) electrons. The van der Waals surface area contributed by atoms with E-state index in [0.717, 1.165) is 22.3 Å². The van der Waals surface area contributed by atoms with Gasteiger partial charge in [0.15, 0.2) is 21.4 Å². The van der Waals surface area contributed by atoms with Gasteiger partial charge in [0.2, 0.25) is 5.91 Å². The molecule has 1 amide bonds. The van der Waals surface area contributed by atoms with Gasteiger partial charge in [-0.15, -0.1) is 0 Å². The smallest absolute Gasteiger partial charge is 0.223 e. The Morgan fingerprint density at radius 2 is 1.57 bits per heavy atom. The number of carbonyl (C=O) groups excluding carboxylic acids is 5. The van der Waals surface area contributed by atoms with E-state index in [1.165, 1.54) is 6.08 Å². The number of aliphatic hydroxyl groups excluding tert-OH is 1. The molecule has 10 heteroatoms. The Balaban J connectivity index is 2.01. The van der Waals surface area contributed by atoms with Crippen molar-refractivity contribution in [3.63, 3.8) is 0 Å². The molecule has 9 nitrogen and oxygen atoms in total. The third kappa shape index (κ3) is 18.3. The topological polar surface area (TPSA) is 152 Å². The summed E-state index contributed by atoms with van der Waals surface area (Å²) in [6.07, 6.45) is 7.60. The number of ketones is 4. The number of aliphatic hydroxyl groups is 1. The number of allylic oxidation sites excluding steroid dienone is 1. The predicted molar refractivity (Wildman–Crippen MR) is 216 cm³/mol. The fourth-order valence-electron chi connectivity index (χ4n) is 6.11. The molecule has 0 aliphatic heterocycles. The lowest BCUT2D eigenvalue weighted by molar-refractivity contribution is -0.129. The zero-order valence-electron chi connectivity index (χ0n) is 33.0. The fourth-order valence-corrected chi connectivity index (χ4v) is 7.51. The van der Waals surface area contributed by atoms with Crippen LogP contribution in [0.15, 0.2) is 66.8 Å². The van der Waals surface area contributed by atoms with Gasteiger partial charge in [0.1, 0.15) is 17.3 Å². The molecule has 4 atom stereocenters. The van der Waals surface area contributed by atoms with Crippen molar-refractivity contribution in [2.45, 2.75) is 105 Å². The largest absolute Gasteiger partial charge is 0.392 e. The molecule has 0 spiro atoms. The zero-order valence-corrected chi connectivity index (χ0v) is 33.8. The van der Waals surface area contributed by atoms with Crippen LogP contribution in [0, 0.1) is 37.5 Å². The molecule has 0 saturated carbocycles. The molecule has 0 aliphatic carbocycles. The van der Waals surface area contributed by atoms with Crippen molar-refractivity contribution in [2.75, 3.05) is 18.1 Å². The Kier molecular flexibility index (Phi) is 20.2. The molecule has 0 aromatic heterocycles. The van der Waals surface area contributed by atoms with Crippen molar-refractivity contribution in [1.29, 1.82) is 0 Å². The Labute approximate surface area is 323 Å². The van der Waals surface area contributed by atoms with E-state index in [4.69, 9.17) is 0 Å². The van der Waals surface area contributed by atoms with Gasteiger partial charge in [-0.25, -0.2) is 8.42 Å². The number of sulfone groups is 1. The Hall–Kier alpha value is -4.02. The summed E-state index contributed by atoms with van der Waals surface area (Å²) in [6.45, 7) is 11.4. The number of benzene rings is 2. The first-order valence-corrected chi connectivity index (χ1v) is 21.0. The minimum absolute atomic E-state index is 0.0120. The van der Waals surface area contributed by atoms with Crippen molar-refractivity contribution in [3.05, 3.63) is 89.0 Å². The van der Waals surface area contributed by atoms with Gasteiger partial charge in [0.05, 0.1) is 11.9 Å². The Bertz CT molecular complexity index is 1710. The molecular weight excluding hydrogens is 703 g/mol. The number of amides is 1. The molecule has 296 valence electrons. The summed E-state index contributed by atoms with van der Waals surface area (Å²) in [5, 5.41) is 13.4. The van der Waals surface area contributed by atoms with E-state index < -0.39 is 39.3 Å². The molecule has 2 aromatic rings. The first kappa shape index (κ1) is 46.1. The molecule has 0 fully saturated rings. The molecule has 0 saturated heterocycles. The molecule has 2 aromatic carbocycles. The summed E-state index contributed by atoms with van der Waals surface area (Å²) in [6, 6.07) is 15.7. The number of nitrogens with one attached hydrogen (secondary N) is 1. The molecular formula is C44H61NO8S. The number of carbonyl (C=O) groups is 5. The van der Waals surface area contributed by atoms with Crippen molar-refractivity contribution < 1.29 is 37.5 Å². The lowest BCUT2D eigenvalue weighted by atomic mass is 9.89. The summed E-state index contributed by atoms with van der Waals surface area (Å²) in [5.74, 6) is -3.90. The van der Waals surface area contributed by atoms with Gasteiger partial charge in [-0.1, -0.05) is 94.5 Å². The number of aryl methyl sites for hydroxylation is 2. The van der Waals surface area contributed by atoms with Crippen molar-refractivity contribution in [2.24, 2.45) is 23.7 Å². The molecule has 0 unspecified atom stereocenters.